The van der Waals surface area contributed by atoms with Gasteiger partial charge in [0.1, 0.15) is 0 Å². The number of alkyl halides is 3. The topological polar surface area (TPSA) is 77.0 Å². The maximum absolute atomic E-state index is 12.3. The average Bonchev–Trinajstić information content (AvgIpc) is 2.70. The van der Waals surface area contributed by atoms with Crippen LogP contribution in [0.5, 0.6) is 17.4 Å². The fourth-order valence-corrected chi connectivity index (χ4v) is 2.32. The molecule has 1 aromatic heterocycles. The van der Waals surface area contributed by atoms with E-state index in [0.29, 0.717) is 36.2 Å². The Morgan fingerprint density at radius 3 is 2.53 bits per heavy atom. The van der Waals surface area contributed by atoms with Crippen LogP contribution in [-0.2, 0) is 6.54 Å². The van der Waals surface area contributed by atoms with E-state index in [0.717, 1.165) is 5.69 Å². The molecule has 2 N–H and O–H groups in total. The molecule has 11 heteroatoms. The first-order valence-corrected chi connectivity index (χ1v) is 8.77. The van der Waals surface area contributed by atoms with E-state index in [2.05, 4.69) is 25.3 Å². The second-order valence-electron chi connectivity index (χ2n) is 5.76. The van der Waals surface area contributed by atoms with Gasteiger partial charge in [-0.2, -0.15) is 13.2 Å². The molecule has 0 amide bonds. The largest absolute Gasteiger partial charge is 0.493 e. The SMILES string of the molecule is CCOc1cc(NC(=NC)NCc2ccnc(OCC(F)(F)F)c2)ccc1OC.I. The Kier molecular flexibility index (Phi) is 10.5. The minimum absolute atomic E-state index is 0. The summed E-state index contributed by atoms with van der Waals surface area (Å²) in [6, 6.07) is 8.47. The summed E-state index contributed by atoms with van der Waals surface area (Å²) in [6.07, 6.45) is -3.03. The van der Waals surface area contributed by atoms with Crippen molar-refractivity contribution in [3.05, 3.63) is 42.1 Å². The molecule has 2 aromatic rings. The second kappa shape index (κ2) is 12.3. The number of guanidine groups is 1. The lowest BCUT2D eigenvalue weighted by Gasteiger charge is -2.15. The van der Waals surface area contributed by atoms with Gasteiger partial charge < -0.3 is 24.8 Å². The van der Waals surface area contributed by atoms with Crippen molar-refractivity contribution in [3.63, 3.8) is 0 Å². The Labute approximate surface area is 190 Å². The minimum Gasteiger partial charge on any atom is -0.493 e. The Bertz CT molecular complexity index is 835. The average molecular weight is 540 g/mol. The first-order chi connectivity index (χ1) is 13.8. The van der Waals surface area contributed by atoms with Crippen LogP contribution < -0.4 is 24.8 Å². The van der Waals surface area contributed by atoms with Crippen molar-refractivity contribution < 1.29 is 27.4 Å². The van der Waals surface area contributed by atoms with Gasteiger partial charge in [0.05, 0.1) is 13.7 Å². The van der Waals surface area contributed by atoms with Crippen LogP contribution in [0, 0.1) is 0 Å². The van der Waals surface area contributed by atoms with Gasteiger partial charge >= 0.3 is 6.18 Å². The van der Waals surface area contributed by atoms with Crippen molar-refractivity contribution in [1.29, 1.82) is 0 Å². The molecule has 2 rings (SSSR count). The Morgan fingerprint density at radius 2 is 1.90 bits per heavy atom. The van der Waals surface area contributed by atoms with E-state index in [9.17, 15) is 13.2 Å². The molecule has 0 aliphatic carbocycles. The minimum atomic E-state index is -4.42. The first kappa shape index (κ1) is 25.6. The molecule has 0 bridgehead atoms. The number of hydrogen-bond acceptors (Lipinski definition) is 5. The number of aliphatic imine (C=N–C) groups is 1. The van der Waals surface area contributed by atoms with Crippen LogP contribution in [0.3, 0.4) is 0 Å². The molecule has 0 saturated carbocycles. The quantitative estimate of drug-likeness (QED) is 0.297. The van der Waals surface area contributed by atoms with E-state index >= 15 is 0 Å². The van der Waals surface area contributed by atoms with E-state index in [4.69, 9.17) is 9.47 Å². The summed E-state index contributed by atoms with van der Waals surface area (Å²) in [5.74, 6) is 1.58. The number of nitrogens with one attached hydrogen (secondary N) is 2. The van der Waals surface area contributed by atoms with E-state index in [1.807, 2.05) is 13.0 Å². The number of aromatic nitrogens is 1. The van der Waals surface area contributed by atoms with E-state index < -0.39 is 12.8 Å². The molecule has 166 valence electrons. The number of halogens is 4. The zero-order valence-electron chi connectivity index (χ0n) is 16.7. The van der Waals surface area contributed by atoms with Gasteiger partial charge in [0.25, 0.3) is 0 Å². The molecule has 7 nitrogen and oxygen atoms in total. The first-order valence-electron chi connectivity index (χ1n) is 8.77. The summed E-state index contributed by atoms with van der Waals surface area (Å²) in [6.45, 7) is 1.29. The number of hydrogen-bond donors (Lipinski definition) is 2. The van der Waals surface area contributed by atoms with Gasteiger partial charge in [-0.3, -0.25) is 4.99 Å². The molecule has 0 radical (unpaired) electrons. The van der Waals surface area contributed by atoms with E-state index in [1.165, 1.54) is 12.3 Å². The molecule has 0 spiro atoms. The van der Waals surface area contributed by atoms with Gasteiger partial charge in [0.2, 0.25) is 5.88 Å². The Hall–Kier alpha value is -2.44. The third-order valence-corrected chi connectivity index (χ3v) is 3.59. The summed E-state index contributed by atoms with van der Waals surface area (Å²) in [7, 11) is 3.17. The number of nitrogens with zero attached hydrogens (tertiary/aromatic N) is 2. The Morgan fingerprint density at radius 1 is 1.13 bits per heavy atom. The molecule has 0 aliphatic rings. The summed E-state index contributed by atoms with van der Waals surface area (Å²) in [4.78, 5) is 7.91. The number of methoxy groups -OCH3 is 1. The number of pyridine rings is 1. The van der Waals surface area contributed by atoms with Crippen molar-refractivity contribution in [3.8, 4) is 17.4 Å². The molecule has 0 fully saturated rings. The van der Waals surface area contributed by atoms with Crippen LogP contribution in [0.4, 0.5) is 18.9 Å². The Balaban J connectivity index is 0.00000450. The zero-order chi connectivity index (χ0) is 21.3. The van der Waals surface area contributed by atoms with Crippen LogP contribution >= 0.6 is 24.0 Å². The molecule has 0 unspecified atom stereocenters. The van der Waals surface area contributed by atoms with E-state index in [-0.39, 0.29) is 29.9 Å². The van der Waals surface area contributed by atoms with Gasteiger partial charge in [-0.25, -0.2) is 4.98 Å². The lowest BCUT2D eigenvalue weighted by molar-refractivity contribution is -0.154. The summed E-state index contributed by atoms with van der Waals surface area (Å²) in [5.41, 5.74) is 1.41. The maximum Gasteiger partial charge on any atom is 0.422 e. The molecule has 30 heavy (non-hydrogen) atoms. The van der Waals surface area contributed by atoms with Gasteiger partial charge in [-0.15, -0.1) is 24.0 Å². The number of anilines is 1. The maximum atomic E-state index is 12.3. The predicted octanol–water partition coefficient (Wildman–Crippen LogP) is 4.24. The van der Waals surface area contributed by atoms with Gasteiger partial charge in [0.15, 0.2) is 24.1 Å². The standard InChI is InChI=1S/C19H23F3N4O3.HI/c1-4-28-16-10-14(5-6-15(16)27-3)26-18(23-2)25-11-13-7-8-24-17(9-13)29-12-19(20,21)22;/h5-10H,4,11-12H2,1-3H3,(H2,23,25,26);1H. The fourth-order valence-electron chi connectivity index (χ4n) is 2.32. The highest BCUT2D eigenvalue weighted by Gasteiger charge is 2.28. The highest BCUT2D eigenvalue weighted by Crippen LogP contribution is 2.30. The van der Waals surface area contributed by atoms with Gasteiger partial charge in [-0.05, 0) is 30.7 Å². The van der Waals surface area contributed by atoms with Crippen molar-refractivity contribution >= 4 is 35.6 Å². The molecule has 0 atom stereocenters. The highest BCUT2D eigenvalue weighted by atomic mass is 127. The van der Waals surface area contributed by atoms with E-state index in [1.54, 1.807) is 32.4 Å². The third kappa shape index (κ3) is 8.51. The zero-order valence-corrected chi connectivity index (χ0v) is 19.1. The predicted molar refractivity (Wildman–Crippen MR) is 119 cm³/mol. The van der Waals surface area contributed by atoms with Crippen LogP contribution in [0.25, 0.3) is 0 Å². The third-order valence-electron chi connectivity index (χ3n) is 3.59. The fraction of sp³-hybridized carbons (Fsp3) is 0.368. The molecule has 1 heterocycles. The normalized spacial score (nSPS) is 11.3. The number of benzene rings is 1. The van der Waals surface area contributed by atoms with Crippen molar-refractivity contribution in [1.82, 2.24) is 10.3 Å². The molecule has 0 saturated heterocycles. The van der Waals surface area contributed by atoms with Crippen LogP contribution in [-0.4, -0.2) is 44.5 Å². The van der Waals surface area contributed by atoms with Crippen molar-refractivity contribution in [2.24, 2.45) is 4.99 Å². The lowest BCUT2D eigenvalue weighted by Crippen LogP contribution is -2.30. The van der Waals surface area contributed by atoms with Crippen LogP contribution in [0.1, 0.15) is 12.5 Å². The smallest absolute Gasteiger partial charge is 0.422 e. The summed E-state index contributed by atoms with van der Waals surface area (Å²) < 4.78 is 52.3. The summed E-state index contributed by atoms with van der Waals surface area (Å²) >= 11 is 0. The number of rotatable bonds is 8. The molecular weight excluding hydrogens is 516 g/mol. The molecular formula is C19H24F3IN4O3. The van der Waals surface area contributed by atoms with Gasteiger partial charge in [0, 0.05) is 37.6 Å². The molecule has 0 aliphatic heterocycles. The summed E-state index contributed by atoms with van der Waals surface area (Å²) in [5, 5.41) is 6.19. The highest BCUT2D eigenvalue weighted by molar-refractivity contribution is 14.0. The van der Waals surface area contributed by atoms with Crippen LogP contribution in [0.15, 0.2) is 41.5 Å². The number of ether oxygens (including phenoxy) is 3. The van der Waals surface area contributed by atoms with Crippen molar-refractivity contribution in [2.45, 2.75) is 19.6 Å². The lowest BCUT2D eigenvalue weighted by atomic mass is 10.2. The second-order valence-corrected chi connectivity index (χ2v) is 5.76. The van der Waals surface area contributed by atoms with Crippen molar-refractivity contribution in [2.75, 3.05) is 32.7 Å². The monoisotopic (exact) mass is 540 g/mol. The molecule has 1 aromatic carbocycles. The van der Waals surface area contributed by atoms with Crippen LogP contribution in [0.2, 0.25) is 0 Å². The van der Waals surface area contributed by atoms with Gasteiger partial charge in [-0.1, -0.05) is 0 Å².